The summed E-state index contributed by atoms with van der Waals surface area (Å²) in [7, 11) is 1.84. The van der Waals surface area contributed by atoms with Gasteiger partial charge in [-0.25, -0.2) is 4.39 Å². The maximum absolute atomic E-state index is 13.9. The Bertz CT molecular complexity index is 1090. The van der Waals surface area contributed by atoms with Gasteiger partial charge in [-0.15, -0.1) is 0 Å². The average Bonchev–Trinajstić information content (AvgIpc) is 3.08. The number of nitrogens with one attached hydrogen (secondary N) is 1. The first kappa shape index (κ1) is 18.9. The molecule has 30 heavy (non-hydrogen) atoms. The topological polar surface area (TPSA) is 56.2 Å². The molecule has 1 aliphatic carbocycles. The molecule has 3 aromatic rings. The number of aryl methyl sites for hydroxylation is 1. The second-order valence-electron chi connectivity index (χ2n) is 8.34. The van der Waals surface area contributed by atoms with Crippen LogP contribution >= 0.6 is 0 Å². The van der Waals surface area contributed by atoms with Crippen LogP contribution in [0.5, 0.6) is 5.75 Å². The van der Waals surface area contributed by atoms with Gasteiger partial charge in [0.25, 0.3) is 5.91 Å². The molecule has 1 fully saturated rings. The number of ether oxygens (including phenoxy) is 1. The molecule has 0 bridgehead atoms. The van der Waals surface area contributed by atoms with Crippen molar-refractivity contribution in [2.45, 2.75) is 43.7 Å². The first-order chi connectivity index (χ1) is 14.5. The summed E-state index contributed by atoms with van der Waals surface area (Å²) in [6, 6.07) is 14.3. The summed E-state index contributed by atoms with van der Waals surface area (Å²) in [5.41, 5.74) is 2.97. The molecule has 1 aliphatic heterocycles. The molecule has 1 amide bonds. The van der Waals surface area contributed by atoms with Gasteiger partial charge < -0.3 is 10.1 Å². The van der Waals surface area contributed by atoms with Crippen molar-refractivity contribution in [3.8, 4) is 5.75 Å². The SMILES string of the molecule is Cn1ncc(C(=O)N[C@H]2CC3(CCC3)Oc3ccc(F)cc32)c1Cc1ccccc1. The maximum atomic E-state index is 13.9. The smallest absolute Gasteiger partial charge is 0.255 e. The minimum absolute atomic E-state index is 0.189. The molecule has 5 rings (SSSR count). The van der Waals surface area contributed by atoms with E-state index in [1.807, 2.05) is 37.4 Å². The van der Waals surface area contributed by atoms with Gasteiger partial charge in [0, 0.05) is 25.5 Å². The zero-order chi connectivity index (χ0) is 20.7. The Labute approximate surface area is 174 Å². The van der Waals surface area contributed by atoms with Gasteiger partial charge in [-0.05, 0) is 43.0 Å². The lowest BCUT2D eigenvalue weighted by Crippen LogP contribution is -2.49. The largest absolute Gasteiger partial charge is 0.487 e. The third kappa shape index (κ3) is 3.36. The zero-order valence-corrected chi connectivity index (χ0v) is 16.9. The van der Waals surface area contributed by atoms with Crippen LogP contribution in [-0.4, -0.2) is 21.3 Å². The molecule has 2 heterocycles. The van der Waals surface area contributed by atoms with Crippen LogP contribution in [-0.2, 0) is 13.5 Å². The summed E-state index contributed by atoms with van der Waals surface area (Å²) in [6.45, 7) is 0. The quantitative estimate of drug-likeness (QED) is 0.703. The van der Waals surface area contributed by atoms with Gasteiger partial charge in [-0.2, -0.15) is 5.10 Å². The number of hydrogen-bond acceptors (Lipinski definition) is 3. The summed E-state index contributed by atoms with van der Waals surface area (Å²) in [4.78, 5) is 13.3. The Morgan fingerprint density at radius 3 is 2.80 bits per heavy atom. The Hall–Kier alpha value is -3.15. The average molecular weight is 405 g/mol. The normalized spacial score (nSPS) is 18.9. The summed E-state index contributed by atoms with van der Waals surface area (Å²) in [6.07, 6.45) is 5.91. The number of carbonyl (C=O) groups is 1. The first-order valence-electron chi connectivity index (χ1n) is 10.4. The Morgan fingerprint density at radius 1 is 1.27 bits per heavy atom. The molecule has 154 valence electrons. The monoisotopic (exact) mass is 405 g/mol. The van der Waals surface area contributed by atoms with E-state index < -0.39 is 0 Å². The van der Waals surface area contributed by atoms with E-state index in [2.05, 4.69) is 10.4 Å². The number of aromatic nitrogens is 2. The third-order valence-electron chi connectivity index (χ3n) is 6.34. The fraction of sp³-hybridized carbons (Fsp3) is 0.333. The third-order valence-corrected chi connectivity index (χ3v) is 6.34. The summed E-state index contributed by atoms with van der Waals surface area (Å²) >= 11 is 0. The van der Waals surface area contributed by atoms with Crippen LogP contribution in [0.2, 0.25) is 0 Å². The number of nitrogens with zero attached hydrogens (tertiary/aromatic N) is 2. The second kappa shape index (κ2) is 7.27. The number of fused-ring (bicyclic) bond motifs is 1. The van der Waals surface area contributed by atoms with Crippen LogP contribution in [0.1, 0.15) is 58.9 Å². The van der Waals surface area contributed by atoms with E-state index in [0.717, 1.165) is 30.5 Å². The van der Waals surface area contributed by atoms with Crippen molar-refractivity contribution in [2.75, 3.05) is 0 Å². The van der Waals surface area contributed by atoms with Crippen molar-refractivity contribution in [1.29, 1.82) is 0 Å². The molecule has 1 N–H and O–H groups in total. The highest BCUT2D eigenvalue weighted by atomic mass is 19.1. The molecular formula is C24H24FN3O2. The van der Waals surface area contributed by atoms with Gasteiger partial charge >= 0.3 is 0 Å². The van der Waals surface area contributed by atoms with Crippen molar-refractivity contribution in [1.82, 2.24) is 15.1 Å². The van der Waals surface area contributed by atoms with Crippen molar-refractivity contribution in [3.05, 3.63) is 82.9 Å². The Balaban J connectivity index is 1.43. The molecule has 1 saturated carbocycles. The van der Waals surface area contributed by atoms with E-state index in [1.165, 1.54) is 12.1 Å². The van der Waals surface area contributed by atoms with E-state index in [9.17, 15) is 9.18 Å². The van der Waals surface area contributed by atoms with Crippen LogP contribution < -0.4 is 10.1 Å². The maximum Gasteiger partial charge on any atom is 0.255 e. The van der Waals surface area contributed by atoms with E-state index >= 15 is 0 Å². The molecular weight excluding hydrogens is 381 g/mol. The van der Waals surface area contributed by atoms with E-state index in [0.29, 0.717) is 29.7 Å². The summed E-state index contributed by atoms with van der Waals surface area (Å²) < 4.78 is 21.9. The molecule has 0 unspecified atom stereocenters. The van der Waals surface area contributed by atoms with Gasteiger partial charge in [0.05, 0.1) is 23.5 Å². The minimum atomic E-state index is -0.327. The van der Waals surface area contributed by atoms with Crippen LogP contribution in [0.25, 0.3) is 0 Å². The van der Waals surface area contributed by atoms with Crippen LogP contribution in [0, 0.1) is 5.82 Å². The molecule has 2 aliphatic rings. The predicted molar refractivity (Wildman–Crippen MR) is 111 cm³/mol. The van der Waals surface area contributed by atoms with Crippen molar-refractivity contribution in [3.63, 3.8) is 0 Å². The molecule has 5 nitrogen and oxygen atoms in total. The van der Waals surface area contributed by atoms with Gasteiger partial charge in [0.1, 0.15) is 17.2 Å². The number of carbonyl (C=O) groups excluding carboxylic acids is 1. The number of rotatable bonds is 4. The molecule has 6 heteroatoms. The molecule has 1 atom stereocenters. The molecule has 2 aromatic carbocycles. The number of halogens is 1. The predicted octanol–water partition coefficient (Wildman–Crippen LogP) is 4.33. The highest BCUT2D eigenvalue weighted by Crippen LogP contribution is 2.49. The molecule has 0 radical (unpaired) electrons. The van der Waals surface area contributed by atoms with Crippen molar-refractivity contribution in [2.24, 2.45) is 7.05 Å². The number of benzene rings is 2. The highest BCUT2D eigenvalue weighted by molar-refractivity contribution is 5.95. The van der Waals surface area contributed by atoms with Gasteiger partial charge in [0.2, 0.25) is 0 Å². The fourth-order valence-corrected chi connectivity index (χ4v) is 4.53. The molecule has 1 aromatic heterocycles. The summed E-state index contributed by atoms with van der Waals surface area (Å²) in [5.74, 6) is 0.154. The standard InChI is InChI=1S/C24H24FN3O2/c1-28-21(12-16-6-3-2-4-7-16)19(15-26-28)23(29)27-20-14-24(10-5-11-24)30-22-9-8-17(25)13-18(20)22/h2-4,6-9,13,15,20H,5,10-12,14H2,1H3,(H,27,29)/t20-/m0/s1. The zero-order valence-electron chi connectivity index (χ0n) is 16.9. The van der Waals surface area contributed by atoms with E-state index in [1.54, 1.807) is 16.9 Å². The fourth-order valence-electron chi connectivity index (χ4n) is 4.53. The minimum Gasteiger partial charge on any atom is -0.487 e. The van der Waals surface area contributed by atoms with Gasteiger partial charge in [-0.1, -0.05) is 30.3 Å². The Kier molecular flexibility index (Phi) is 4.57. The Morgan fingerprint density at radius 2 is 2.07 bits per heavy atom. The lowest BCUT2D eigenvalue weighted by Gasteiger charge is -2.48. The van der Waals surface area contributed by atoms with Gasteiger partial charge in [0.15, 0.2) is 0 Å². The van der Waals surface area contributed by atoms with Gasteiger partial charge in [-0.3, -0.25) is 9.48 Å². The van der Waals surface area contributed by atoms with Crippen LogP contribution in [0.3, 0.4) is 0 Å². The lowest BCUT2D eigenvalue weighted by molar-refractivity contribution is -0.0361. The van der Waals surface area contributed by atoms with Crippen molar-refractivity contribution < 1.29 is 13.9 Å². The van der Waals surface area contributed by atoms with Crippen LogP contribution in [0.4, 0.5) is 4.39 Å². The van der Waals surface area contributed by atoms with Crippen molar-refractivity contribution >= 4 is 5.91 Å². The molecule has 0 saturated heterocycles. The van der Waals surface area contributed by atoms with Crippen LogP contribution in [0.15, 0.2) is 54.7 Å². The lowest BCUT2D eigenvalue weighted by atomic mass is 9.73. The molecule has 1 spiro atoms. The number of amides is 1. The summed E-state index contributed by atoms with van der Waals surface area (Å²) in [5, 5.41) is 7.45. The highest BCUT2D eigenvalue weighted by Gasteiger charge is 2.46. The van der Waals surface area contributed by atoms with E-state index in [-0.39, 0.29) is 23.4 Å². The van der Waals surface area contributed by atoms with E-state index in [4.69, 9.17) is 4.74 Å². The first-order valence-corrected chi connectivity index (χ1v) is 10.4. The second-order valence-corrected chi connectivity index (χ2v) is 8.34. The number of hydrogen-bond donors (Lipinski definition) is 1.